The van der Waals surface area contributed by atoms with E-state index >= 15 is 0 Å². The summed E-state index contributed by atoms with van der Waals surface area (Å²) in [5.41, 5.74) is 0.283. The molecule has 19 heavy (non-hydrogen) atoms. The van der Waals surface area contributed by atoms with Crippen LogP contribution in [0.3, 0.4) is 0 Å². The van der Waals surface area contributed by atoms with E-state index in [9.17, 15) is 9.59 Å². The van der Waals surface area contributed by atoms with Crippen molar-refractivity contribution in [1.82, 2.24) is 15.1 Å². The topological polar surface area (TPSA) is 76.0 Å². The van der Waals surface area contributed by atoms with Gasteiger partial charge in [0.2, 0.25) is 0 Å². The highest BCUT2D eigenvalue weighted by Gasteiger charge is 2.14. The maximum atomic E-state index is 11.9. The molecule has 2 N–H and O–H groups in total. The van der Waals surface area contributed by atoms with Gasteiger partial charge in [-0.05, 0) is 18.4 Å². The van der Waals surface area contributed by atoms with Crippen LogP contribution < -0.4 is 10.6 Å². The van der Waals surface area contributed by atoms with Gasteiger partial charge in [0.1, 0.15) is 5.82 Å². The molecule has 0 aliphatic carbocycles. The van der Waals surface area contributed by atoms with Gasteiger partial charge in [-0.15, -0.1) is 11.3 Å². The maximum absolute atomic E-state index is 11.9. The third-order valence-corrected chi connectivity index (χ3v) is 3.30. The monoisotopic (exact) mass is 278 g/mol. The molecule has 2 aromatic heterocycles. The Bertz CT molecular complexity index is 589. The molecular formula is C12H14N4O2S. The maximum Gasteiger partial charge on any atom is 0.271 e. The second-order valence-electron chi connectivity index (χ2n) is 3.83. The van der Waals surface area contributed by atoms with Crippen molar-refractivity contribution in [3.63, 3.8) is 0 Å². The normalized spacial score (nSPS) is 10.2. The van der Waals surface area contributed by atoms with Crippen molar-refractivity contribution in [1.29, 1.82) is 0 Å². The number of aromatic nitrogens is 2. The van der Waals surface area contributed by atoms with E-state index in [2.05, 4.69) is 15.7 Å². The fourth-order valence-corrected chi connectivity index (χ4v) is 2.15. The lowest BCUT2D eigenvalue weighted by Crippen LogP contribution is -2.23. The predicted octanol–water partition coefficient (Wildman–Crippen LogP) is 1.48. The summed E-state index contributed by atoms with van der Waals surface area (Å²) in [6.45, 7) is 2.37. The van der Waals surface area contributed by atoms with E-state index < -0.39 is 0 Å². The third kappa shape index (κ3) is 3.00. The van der Waals surface area contributed by atoms with Crippen molar-refractivity contribution in [2.75, 3.05) is 11.9 Å². The zero-order chi connectivity index (χ0) is 13.8. The van der Waals surface area contributed by atoms with Crippen molar-refractivity contribution >= 4 is 29.0 Å². The number of hydrogen-bond acceptors (Lipinski definition) is 4. The third-order valence-electron chi connectivity index (χ3n) is 2.44. The minimum Gasteiger partial charge on any atom is -0.351 e. The molecule has 0 atom stereocenters. The lowest BCUT2D eigenvalue weighted by atomic mass is 10.4. The van der Waals surface area contributed by atoms with Crippen molar-refractivity contribution in [3.8, 4) is 0 Å². The quantitative estimate of drug-likeness (QED) is 0.889. The first kappa shape index (κ1) is 13.3. The molecule has 0 radical (unpaired) electrons. The molecule has 6 nitrogen and oxygen atoms in total. The van der Waals surface area contributed by atoms with Gasteiger partial charge < -0.3 is 10.6 Å². The van der Waals surface area contributed by atoms with Crippen LogP contribution in [0.15, 0.2) is 23.6 Å². The summed E-state index contributed by atoms with van der Waals surface area (Å²) < 4.78 is 1.47. The van der Waals surface area contributed by atoms with E-state index in [1.165, 1.54) is 16.0 Å². The number of carbonyl (C=O) groups excluding carboxylic acids is 2. The Hall–Kier alpha value is -2.15. The first-order valence-corrected chi connectivity index (χ1v) is 6.67. The molecule has 0 aromatic carbocycles. The molecule has 2 heterocycles. The van der Waals surface area contributed by atoms with Crippen LogP contribution in [0, 0.1) is 0 Å². The van der Waals surface area contributed by atoms with Crippen LogP contribution in [-0.4, -0.2) is 28.1 Å². The number of amides is 2. The summed E-state index contributed by atoms with van der Waals surface area (Å²) in [5.74, 6) is 0.0230. The number of hydrogen-bond donors (Lipinski definition) is 2. The number of anilines is 1. The van der Waals surface area contributed by atoms with Gasteiger partial charge in [-0.1, -0.05) is 6.07 Å². The van der Waals surface area contributed by atoms with Gasteiger partial charge in [0, 0.05) is 19.7 Å². The summed E-state index contributed by atoms with van der Waals surface area (Å²) in [5, 5.41) is 11.3. The fraction of sp³-hybridized carbons (Fsp3) is 0.250. The SMILES string of the molecule is CCNC(=O)c1cc(NC(=O)c2cccs2)n(C)n1. The second kappa shape index (κ2) is 5.66. The van der Waals surface area contributed by atoms with Crippen LogP contribution in [0.2, 0.25) is 0 Å². The number of nitrogens with one attached hydrogen (secondary N) is 2. The number of aryl methyl sites for hydroxylation is 1. The molecule has 0 spiro atoms. The minimum absolute atomic E-state index is 0.208. The van der Waals surface area contributed by atoms with Gasteiger partial charge in [-0.2, -0.15) is 5.10 Å². The van der Waals surface area contributed by atoms with Gasteiger partial charge in [-0.3, -0.25) is 14.3 Å². The summed E-state index contributed by atoms with van der Waals surface area (Å²) in [7, 11) is 1.67. The van der Waals surface area contributed by atoms with E-state index in [1.807, 2.05) is 18.4 Å². The predicted molar refractivity (Wildman–Crippen MR) is 73.5 cm³/mol. The van der Waals surface area contributed by atoms with Crippen molar-refractivity contribution in [3.05, 3.63) is 34.2 Å². The van der Waals surface area contributed by atoms with Crippen LogP contribution in [-0.2, 0) is 7.05 Å². The van der Waals surface area contributed by atoms with E-state index in [4.69, 9.17) is 0 Å². The van der Waals surface area contributed by atoms with Crippen molar-refractivity contribution in [2.45, 2.75) is 6.92 Å². The molecule has 0 aliphatic rings. The zero-order valence-corrected chi connectivity index (χ0v) is 11.5. The average Bonchev–Trinajstić information content (AvgIpc) is 3.00. The molecule has 0 fully saturated rings. The molecule has 2 aromatic rings. The number of carbonyl (C=O) groups is 2. The van der Waals surface area contributed by atoms with E-state index in [1.54, 1.807) is 19.2 Å². The van der Waals surface area contributed by atoms with Gasteiger partial charge in [0.25, 0.3) is 11.8 Å². The summed E-state index contributed by atoms with van der Waals surface area (Å²) in [4.78, 5) is 24.1. The Morgan fingerprint density at radius 1 is 1.42 bits per heavy atom. The molecule has 0 saturated carbocycles. The molecule has 2 amide bonds. The first-order valence-electron chi connectivity index (χ1n) is 5.79. The molecular weight excluding hydrogens is 264 g/mol. The van der Waals surface area contributed by atoms with Crippen LogP contribution in [0.25, 0.3) is 0 Å². The van der Waals surface area contributed by atoms with Gasteiger partial charge >= 0.3 is 0 Å². The summed E-state index contributed by atoms with van der Waals surface area (Å²) in [6.07, 6.45) is 0. The van der Waals surface area contributed by atoms with Crippen molar-refractivity contribution < 1.29 is 9.59 Å². The highest BCUT2D eigenvalue weighted by Crippen LogP contribution is 2.14. The van der Waals surface area contributed by atoms with Gasteiger partial charge in [0.15, 0.2) is 5.69 Å². The van der Waals surface area contributed by atoms with Crippen LogP contribution in [0.4, 0.5) is 5.82 Å². The van der Waals surface area contributed by atoms with Crippen LogP contribution >= 0.6 is 11.3 Å². The number of thiophene rings is 1. The lowest BCUT2D eigenvalue weighted by Gasteiger charge is -2.02. The highest BCUT2D eigenvalue weighted by atomic mass is 32.1. The molecule has 0 bridgehead atoms. The van der Waals surface area contributed by atoms with E-state index in [-0.39, 0.29) is 17.5 Å². The standard InChI is InChI=1S/C12H14N4O2S/c1-3-13-11(17)8-7-10(16(2)15-8)14-12(18)9-5-4-6-19-9/h4-7H,3H2,1-2H3,(H,13,17)(H,14,18). The Kier molecular flexibility index (Phi) is 3.96. The summed E-state index contributed by atoms with van der Waals surface area (Å²) in [6, 6.07) is 5.10. The molecule has 0 aliphatic heterocycles. The first-order chi connectivity index (χ1) is 9.11. The lowest BCUT2D eigenvalue weighted by molar-refractivity contribution is 0.0949. The highest BCUT2D eigenvalue weighted by molar-refractivity contribution is 7.12. The number of nitrogens with zero attached hydrogens (tertiary/aromatic N) is 2. The smallest absolute Gasteiger partial charge is 0.271 e. The Balaban J connectivity index is 2.13. The van der Waals surface area contributed by atoms with E-state index in [0.717, 1.165) is 0 Å². The largest absolute Gasteiger partial charge is 0.351 e. The van der Waals surface area contributed by atoms with Crippen LogP contribution in [0.5, 0.6) is 0 Å². The molecule has 0 unspecified atom stereocenters. The van der Waals surface area contributed by atoms with Gasteiger partial charge in [0.05, 0.1) is 4.88 Å². The molecule has 7 heteroatoms. The van der Waals surface area contributed by atoms with Gasteiger partial charge in [-0.25, -0.2) is 0 Å². The number of rotatable bonds is 4. The molecule has 2 rings (SSSR count). The van der Waals surface area contributed by atoms with E-state index in [0.29, 0.717) is 17.2 Å². The Labute approximate surface area is 114 Å². The molecule has 100 valence electrons. The zero-order valence-electron chi connectivity index (χ0n) is 10.6. The Morgan fingerprint density at radius 3 is 2.84 bits per heavy atom. The average molecular weight is 278 g/mol. The molecule has 0 saturated heterocycles. The van der Waals surface area contributed by atoms with Crippen molar-refractivity contribution in [2.24, 2.45) is 7.05 Å². The van der Waals surface area contributed by atoms with Crippen LogP contribution in [0.1, 0.15) is 27.1 Å². The second-order valence-corrected chi connectivity index (χ2v) is 4.78. The summed E-state index contributed by atoms with van der Waals surface area (Å²) >= 11 is 1.36. The minimum atomic E-state index is -0.255. The Morgan fingerprint density at radius 2 is 2.21 bits per heavy atom. The fourth-order valence-electron chi connectivity index (χ4n) is 1.53.